The molecule has 0 fully saturated rings. The molecular formula is C17H17Cl2NO2S. The highest BCUT2D eigenvalue weighted by Gasteiger charge is 2.12. The molecule has 6 heteroatoms. The van der Waals surface area contributed by atoms with Crippen LogP contribution >= 0.6 is 35.0 Å². The number of hydrogen-bond donors (Lipinski definition) is 1. The Balaban J connectivity index is 1.78. The quantitative estimate of drug-likeness (QED) is 0.720. The molecular weight excluding hydrogens is 353 g/mol. The molecule has 0 aromatic heterocycles. The van der Waals surface area contributed by atoms with Crippen molar-refractivity contribution in [1.82, 2.24) is 5.32 Å². The number of halogens is 2. The van der Waals surface area contributed by atoms with Crippen molar-refractivity contribution in [3.63, 3.8) is 0 Å². The van der Waals surface area contributed by atoms with Gasteiger partial charge in [-0.3, -0.25) is 4.79 Å². The van der Waals surface area contributed by atoms with Crippen LogP contribution < -0.4 is 10.1 Å². The number of ether oxygens (including phenoxy) is 1. The average molecular weight is 370 g/mol. The number of methoxy groups -OCH3 is 1. The van der Waals surface area contributed by atoms with Gasteiger partial charge in [-0.25, -0.2) is 0 Å². The van der Waals surface area contributed by atoms with Crippen molar-refractivity contribution in [3.05, 3.63) is 63.6 Å². The van der Waals surface area contributed by atoms with Crippen molar-refractivity contribution >= 4 is 40.9 Å². The van der Waals surface area contributed by atoms with Crippen molar-refractivity contribution in [2.24, 2.45) is 0 Å². The van der Waals surface area contributed by atoms with Gasteiger partial charge in [0.1, 0.15) is 5.75 Å². The van der Waals surface area contributed by atoms with Gasteiger partial charge in [-0.1, -0.05) is 35.3 Å². The van der Waals surface area contributed by atoms with E-state index < -0.39 is 0 Å². The maximum Gasteiger partial charge on any atom is 0.255 e. The molecule has 0 aliphatic rings. The second kappa shape index (κ2) is 9.06. The summed E-state index contributed by atoms with van der Waals surface area (Å²) in [5, 5.41) is 4.12. The second-order valence-electron chi connectivity index (χ2n) is 4.78. The van der Waals surface area contributed by atoms with Crippen LogP contribution in [0.15, 0.2) is 42.5 Å². The van der Waals surface area contributed by atoms with E-state index in [1.165, 1.54) is 12.7 Å². The average Bonchev–Trinajstić information content (AvgIpc) is 2.54. The summed E-state index contributed by atoms with van der Waals surface area (Å²) in [6, 6.07) is 12.8. The van der Waals surface area contributed by atoms with Crippen LogP contribution in [0.1, 0.15) is 15.9 Å². The van der Waals surface area contributed by atoms with Crippen LogP contribution in [-0.2, 0) is 5.75 Å². The van der Waals surface area contributed by atoms with Gasteiger partial charge >= 0.3 is 0 Å². The molecule has 3 nitrogen and oxygen atoms in total. The summed E-state index contributed by atoms with van der Waals surface area (Å²) in [7, 11) is 1.53. The zero-order valence-electron chi connectivity index (χ0n) is 12.6. The van der Waals surface area contributed by atoms with E-state index in [2.05, 4.69) is 5.32 Å². The van der Waals surface area contributed by atoms with Crippen molar-refractivity contribution in [1.29, 1.82) is 0 Å². The number of carbonyl (C=O) groups excluding carboxylic acids is 1. The SMILES string of the molecule is COc1ccc(Cl)cc1C(=O)NCCSCc1cccc(Cl)c1. The Morgan fingerprint density at radius 1 is 1.17 bits per heavy atom. The van der Waals surface area contributed by atoms with Gasteiger partial charge in [-0.15, -0.1) is 0 Å². The highest BCUT2D eigenvalue weighted by molar-refractivity contribution is 7.98. The van der Waals surface area contributed by atoms with Gasteiger partial charge in [0.2, 0.25) is 0 Å². The van der Waals surface area contributed by atoms with Gasteiger partial charge in [-0.05, 0) is 35.9 Å². The lowest BCUT2D eigenvalue weighted by atomic mass is 10.2. The summed E-state index contributed by atoms with van der Waals surface area (Å²) >= 11 is 13.6. The van der Waals surface area contributed by atoms with Crippen LogP contribution in [0.25, 0.3) is 0 Å². The minimum atomic E-state index is -0.187. The van der Waals surface area contributed by atoms with Gasteiger partial charge in [0, 0.05) is 28.1 Å². The molecule has 2 aromatic rings. The Hall–Kier alpha value is -1.36. The zero-order chi connectivity index (χ0) is 16.7. The first-order chi connectivity index (χ1) is 11.1. The third kappa shape index (κ3) is 5.65. The number of thioether (sulfide) groups is 1. The zero-order valence-corrected chi connectivity index (χ0v) is 15.0. The molecule has 0 spiro atoms. The van der Waals surface area contributed by atoms with Gasteiger partial charge in [0.15, 0.2) is 0 Å². The number of carbonyl (C=O) groups is 1. The lowest BCUT2D eigenvalue weighted by molar-refractivity contribution is 0.0953. The molecule has 1 N–H and O–H groups in total. The first-order valence-electron chi connectivity index (χ1n) is 7.04. The number of amides is 1. The normalized spacial score (nSPS) is 10.4. The molecule has 23 heavy (non-hydrogen) atoms. The highest BCUT2D eigenvalue weighted by Crippen LogP contribution is 2.22. The first-order valence-corrected chi connectivity index (χ1v) is 8.95. The minimum Gasteiger partial charge on any atom is -0.496 e. The van der Waals surface area contributed by atoms with E-state index in [4.69, 9.17) is 27.9 Å². The third-order valence-corrected chi connectivity index (χ3v) is 4.60. The van der Waals surface area contributed by atoms with Crippen molar-refractivity contribution < 1.29 is 9.53 Å². The van der Waals surface area contributed by atoms with Crippen molar-refractivity contribution in [2.75, 3.05) is 19.4 Å². The number of benzene rings is 2. The molecule has 2 rings (SSSR count). The molecule has 0 aliphatic heterocycles. The van der Waals surface area contributed by atoms with Crippen LogP contribution in [0.4, 0.5) is 0 Å². The molecule has 1 amide bonds. The standard InChI is InChI=1S/C17H17Cl2NO2S/c1-22-16-6-5-14(19)10-15(16)17(21)20-7-8-23-11-12-3-2-4-13(18)9-12/h2-6,9-10H,7-8,11H2,1H3,(H,20,21). The number of rotatable bonds is 7. The molecule has 0 unspecified atom stereocenters. The maximum absolute atomic E-state index is 12.2. The molecule has 0 heterocycles. The Kier molecular flexibility index (Phi) is 7.09. The van der Waals surface area contributed by atoms with Crippen molar-refractivity contribution in [3.8, 4) is 5.75 Å². The van der Waals surface area contributed by atoms with E-state index in [0.29, 0.717) is 22.9 Å². The first kappa shape index (κ1) is 18.0. The van der Waals surface area contributed by atoms with Crippen molar-refractivity contribution in [2.45, 2.75) is 5.75 Å². The van der Waals surface area contributed by atoms with Crippen LogP contribution in [0, 0.1) is 0 Å². The van der Waals surface area contributed by atoms with Gasteiger partial charge in [0.25, 0.3) is 5.91 Å². The highest BCUT2D eigenvalue weighted by atomic mass is 35.5. The summed E-state index contributed by atoms with van der Waals surface area (Å²) in [4.78, 5) is 12.2. The largest absolute Gasteiger partial charge is 0.496 e. The Labute approximate surface area is 150 Å². The molecule has 0 saturated heterocycles. The third-order valence-electron chi connectivity index (χ3n) is 3.10. The Morgan fingerprint density at radius 2 is 1.96 bits per heavy atom. The second-order valence-corrected chi connectivity index (χ2v) is 6.76. The molecule has 0 saturated carbocycles. The van der Waals surface area contributed by atoms with Crippen LogP contribution in [0.3, 0.4) is 0 Å². The summed E-state index contributed by atoms with van der Waals surface area (Å²) < 4.78 is 5.18. The molecule has 0 aliphatic carbocycles. The molecule has 122 valence electrons. The van der Waals surface area contributed by atoms with Crippen LogP contribution in [-0.4, -0.2) is 25.3 Å². The van der Waals surface area contributed by atoms with E-state index in [0.717, 1.165) is 16.5 Å². The smallest absolute Gasteiger partial charge is 0.255 e. The fourth-order valence-electron chi connectivity index (χ4n) is 2.01. The van der Waals surface area contributed by atoms with Gasteiger partial charge < -0.3 is 10.1 Å². The lowest BCUT2D eigenvalue weighted by Gasteiger charge is -2.09. The van der Waals surface area contributed by atoms with Crippen LogP contribution in [0.2, 0.25) is 10.0 Å². The van der Waals surface area contributed by atoms with E-state index in [1.54, 1.807) is 30.0 Å². The number of nitrogens with one attached hydrogen (secondary N) is 1. The maximum atomic E-state index is 12.2. The fourth-order valence-corrected chi connectivity index (χ4v) is 3.20. The molecule has 0 atom stereocenters. The Bertz CT molecular complexity index is 679. The topological polar surface area (TPSA) is 38.3 Å². The van der Waals surface area contributed by atoms with E-state index >= 15 is 0 Å². The number of hydrogen-bond acceptors (Lipinski definition) is 3. The fraction of sp³-hybridized carbons (Fsp3) is 0.235. The summed E-state index contributed by atoms with van der Waals surface area (Å²) in [5.74, 6) is 1.99. The van der Waals surface area contributed by atoms with Gasteiger partial charge in [-0.2, -0.15) is 11.8 Å². The minimum absolute atomic E-state index is 0.187. The molecule has 0 radical (unpaired) electrons. The monoisotopic (exact) mass is 369 g/mol. The summed E-state index contributed by atoms with van der Waals surface area (Å²) in [6.07, 6.45) is 0. The predicted molar refractivity (Wildman–Crippen MR) is 98.0 cm³/mol. The molecule has 2 aromatic carbocycles. The van der Waals surface area contributed by atoms with Gasteiger partial charge in [0.05, 0.1) is 12.7 Å². The van der Waals surface area contributed by atoms with E-state index in [1.807, 2.05) is 24.3 Å². The summed E-state index contributed by atoms with van der Waals surface area (Å²) in [5.41, 5.74) is 1.62. The van der Waals surface area contributed by atoms with Crippen LogP contribution in [0.5, 0.6) is 5.75 Å². The Morgan fingerprint density at radius 3 is 2.70 bits per heavy atom. The summed E-state index contributed by atoms with van der Waals surface area (Å²) in [6.45, 7) is 0.569. The van der Waals surface area contributed by atoms with E-state index in [-0.39, 0.29) is 5.91 Å². The lowest BCUT2D eigenvalue weighted by Crippen LogP contribution is -2.26. The predicted octanol–water partition coefficient (Wildman–Crippen LogP) is 4.67. The van der Waals surface area contributed by atoms with E-state index in [9.17, 15) is 4.79 Å². The molecule has 0 bridgehead atoms.